The molecule has 2 nitrogen and oxygen atoms in total. The van der Waals surface area contributed by atoms with Crippen molar-refractivity contribution in [1.82, 2.24) is 0 Å². The predicted octanol–water partition coefficient (Wildman–Crippen LogP) is 2.06. The summed E-state index contributed by atoms with van der Waals surface area (Å²) in [4.78, 5) is 7.61. The van der Waals surface area contributed by atoms with E-state index < -0.39 is 0 Å². The van der Waals surface area contributed by atoms with E-state index >= 15 is 0 Å². The van der Waals surface area contributed by atoms with Gasteiger partial charge in [0, 0.05) is 16.2 Å². The van der Waals surface area contributed by atoms with E-state index in [4.69, 9.17) is 5.90 Å². The van der Waals surface area contributed by atoms with Crippen LogP contribution in [0.5, 0.6) is 0 Å². The molecule has 0 fully saturated rings. The van der Waals surface area contributed by atoms with Crippen molar-refractivity contribution >= 4 is 11.3 Å². The van der Waals surface area contributed by atoms with Gasteiger partial charge in [-0.3, -0.25) is 0 Å². The summed E-state index contributed by atoms with van der Waals surface area (Å²) in [6, 6.07) is 2.33. The zero-order valence-corrected chi connectivity index (χ0v) is 8.53. The fourth-order valence-electron chi connectivity index (χ4n) is 1.83. The molecule has 72 valence electrons. The van der Waals surface area contributed by atoms with Gasteiger partial charge in [0.05, 0.1) is 6.61 Å². The average molecular weight is 197 g/mol. The summed E-state index contributed by atoms with van der Waals surface area (Å²) in [6.45, 7) is 0.638. The first-order valence-corrected chi connectivity index (χ1v) is 5.64. The van der Waals surface area contributed by atoms with Crippen LogP contribution < -0.4 is 5.90 Å². The second kappa shape index (κ2) is 4.22. The smallest absolute Gasteiger partial charge is 0.0727 e. The maximum Gasteiger partial charge on any atom is 0.0727 e. The highest BCUT2D eigenvalue weighted by Crippen LogP contribution is 2.29. The van der Waals surface area contributed by atoms with Crippen LogP contribution in [0.4, 0.5) is 0 Å². The minimum atomic E-state index is 0.638. The minimum absolute atomic E-state index is 0.638. The SMILES string of the molecule is NOCCc1cc2c(s1)CCCC2. The Balaban J connectivity index is 2.07. The third-order valence-corrected chi connectivity index (χ3v) is 3.81. The topological polar surface area (TPSA) is 35.2 Å². The normalized spacial score (nSPS) is 15.8. The molecule has 0 aromatic carbocycles. The van der Waals surface area contributed by atoms with E-state index in [0.717, 1.165) is 6.42 Å². The van der Waals surface area contributed by atoms with Crippen LogP contribution >= 0.6 is 11.3 Å². The molecule has 13 heavy (non-hydrogen) atoms. The molecule has 2 N–H and O–H groups in total. The number of fused-ring (bicyclic) bond motifs is 1. The fraction of sp³-hybridized carbons (Fsp3) is 0.600. The van der Waals surface area contributed by atoms with Crippen LogP contribution in [0.15, 0.2) is 6.07 Å². The number of aryl methyl sites for hydroxylation is 2. The van der Waals surface area contributed by atoms with Gasteiger partial charge in [-0.2, -0.15) is 0 Å². The third-order valence-electron chi connectivity index (χ3n) is 2.51. The van der Waals surface area contributed by atoms with Gasteiger partial charge in [-0.05, 0) is 37.3 Å². The average Bonchev–Trinajstić information content (AvgIpc) is 2.57. The number of rotatable bonds is 3. The maximum absolute atomic E-state index is 5.00. The molecule has 0 unspecified atom stereocenters. The largest absolute Gasteiger partial charge is 0.304 e. The molecule has 0 aliphatic heterocycles. The molecule has 2 rings (SSSR count). The highest BCUT2D eigenvalue weighted by atomic mass is 32.1. The molecule has 1 aliphatic rings. The molecule has 3 heteroatoms. The summed E-state index contributed by atoms with van der Waals surface area (Å²) in [5.41, 5.74) is 1.57. The molecule has 0 saturated heterocycles. The van der Waals surface area contributed by atoms with Crippen molar-refractivity contribution in [2.24, 2.45) is 5.90 Å². The minimum Gasteiger partial charge on any atom is -0.304 e. The van der Waals surface area contributed by atoms with Crippen LogP contribution in [0.3, 0.4) is 0 Å². The first-order chi connectivity index (χ1) is 6.40. The fourth-order valence-corrected chi connectivity index (χ4v) is 3.08. The maximum atomic E-state index is 5.00. The van der Waals surface area contributed by atoms with Gasteiger partial charge in [-0.25, -0.2) is 5.90 Å². The van der Waals surface area contributed by atoms with Gasteiger partial charge in [0.15, 0.2) is 0 Å². The van der Waals surface area contributed by atoms with Gasteiger partial charge in [0.2, 0.25) is 0 Å². The number of nitrogens with two attached hydrogens (primary N) is 1. The Hall–Kier alpha value is -0.380. The number of hydrogen-bond acceptors (Lipinski definition) is 3. The van der Waals surface area contributed by atoms with Crippen LogP contribution in [0.25, 0.3) is 0 Å². The van der Waals surface area contributed by atoms with E-state index in [2.05, 4.69) is 10.9 Å². The Bertz CT molecular complexity index is 259. The van der Waals surface area contributed by atoms with Gasteiger partial charge < -0.3 is 4.84 Å². The van der Waals surface area contributed by atoms with Crippen molar-refractivity contribution in [3.05, 3.63) is 21.4 Å². The van der Waals surface area contributed by atoms with Crippen LogP contribution in [0.2, 0.25) is 0 Å². The Kier molecular flexibility index (Phi) is 2.98. The standard InChI is InChI=1S/C10H15NOS/c11-12-6-5-9-7-8-3-1-2-4-10(8)13-9/h7H,1-6,11H2. The monoisotopic (exact) mass is 197 g/mol. The molecule has 0 amide bonds. The van der Waals surface area contributed by atoms with Crippen LogP contribution in [0, 0.1) is 0 Å². The van der Waals surface area contributed by atoms with Crippen molar-refractivity contribution in [3.8, 4) is 0 Å². The van der Waals surface area contributed by atoms with Gasteiger partial charge in [0.1, 0.15) is 0 Å². The highest BCUT2D eigenvalue weighted by molar-refractivity contribution is 7.12. The van der Waals surface area contributed by atoms with Crippen molar-refractivity contribution in [2.75, 3.05) is 6.61 Å². The first kappa shape index (κ1) is 9.19. The Morgan fingerprint density at radius 3 is 3.00 bits per heavy atom. The lowest BCUT2D eigenvalue weighted by Gasteiger charge is -2.08. The zero-order valence-electron chi connectivity index (χ0n) is 7.71. The lowest BCUT2D eigenvalue weighted by molar-refractivity contribution is 0.141. The molecule has 0 bridgehead atoms. The Morgan fingerprint density at radius 1 is 1.38 bits per heavy atom. The molecule has 1 aromatic heterocycles. The van der Waals surface area contributed by atoms with Gasteiger partial charge in [0.25, 0.3) is 0 Å². The van der Waals surface area contributed by atoms with E-state index in [0.29, 0.717) is 6.61 Å². The second-order valence-electron chi connectivity index (χ2n) is 3.49. The van der Waals surface area contributed by atoms with E-state index in [-0.39, 0.29) is 0 Å². The first-order valence-electron chi connectivity index (χ1n) is 4.82. The van der Waals surface area contributed by atoms with E-state index in [1.54, 1.807) is 10.4 Å². The van der Waals surface area contributed by atoms with Crippen molar-refractivity contribution in [2.45, 2.75) is 32.1 Å². The van der Waals surface area contributed by atoms with Gasteiger partial charge in [-0.15, -0.1) is 11.3 Å². The van der Waals surface area contributed by atoms with Crippen molar-refractivity contribution < 1.29 is 4.84 Å². The van der Waals surface area contributed by atoms with Crippen LogP contribution in [0.1, 0.15) is 28.2 Å². The molecule has 0 radical (unpaired) electrons. The lowest BCUT2D eigenvalue weighted by Crippen LogP contribution is -2.02. The second-order valence-corrected chi connectivity index (χ2v) is 4.71. The number of hydrogen-bond donors (Lipinski definition) is 1. The van der Waals surface area contributed by atoms with Crippen LogP contribution in [-0.4, -0.2) is 6.61 Å². The van der Waals surface area contributed by atoms with E-state index in [1.165, 1.54) is 30.6 Å². The molecular formula is C10H15NOS. The lowest BCUT2D eigenvalue weighted by atomic mass is 9.99. The highest BCUT2D eigenvalue weighted by Gasteiger charge is 2.12. The van der Waals surface area contributed by atoms with E-state index in [9.17, 15) is 0 Å². The molecular weight excluding hydrogens is 182 g/mol. The summed E-state index contributed by atoms with van der Waals surface area (Å²) in [5.74, 6) is 5.00. The van der Waals surface area contributed by atoms with Crippen LogP contribution in [-0.2, 0) is 24.1 Å². The summed E-state index contributed by atoms with van der Waals surface area (Å²) in [6.07, 6.45) is 6.24. The van der Waals surface area contributed by atoms with Crippen molar-refractivity contribution in [1.29, 1.82) is 0 Å². The Morgan fingerprint density at radius 2 is 2.23 bits per heavy atom. The molecule has 1 aromatic rings. The van der Waals surface area contributed by atoms with Crippen molar-refractivity contribution in [3.63, 3.8) is 0 Å². The summed E-state index contributed by atoms with van der Waals surface area (Å²) in [7, 11) is 0. The zero-order chi connectivity index (χ0) is 9.10. The predicted molar refractivity (Wildman–Crippen MR) is 54.8 cm³/mol. The number of thiophene rings is 1. The Labute approximate surface area is 82.7 Å². The van der Waals surface area contributed by atoms with E-state index in [1.807, 2.05) is 11.3 Å². The molecule has 1 heterocycles. The summed E-state index contributed by atoms with van der Waals surface area (Å²) in [5, 5.41) is 0. The summed E-state index contributed by atoms with van der Waals surface area (Å²) < 4.78 is 0. The molecule has 0 atom stereocenters. The third kappa shape index (κ3) is 2.10. The quantitative estimate of drug-likeness (QED) is 0.753. The molecule has 0 spiro atoms. The molecule has 1 aliphatic carbocycles. The van der Waals surface area contributed by atoms with Gasteiger partial charge in [-0.1, -0.05) is 0 Å². The summed E-state index contributed by atoms with van der Waals surface area (Å²) >= 11 is 1.94. The van der Waals surface area contributed by atoms with Gasteiger partial charge >= 0.3 is 0 Å². The molecule has 0 saturated carbocycles.